The lowest BCUT2D eigenvalue weighted by molar-refractivity contribution is 0.0950. The maximum absolute atomic E-state index is 11.9. The number of nitrogens with one attached hydrogen (secondary N) is 1. The number of carbonyl (C=O) groups is 1. The van der Waals surface area contributed by atoms with Crippen molar-refractivity contribution in [2.24, 2.45) is 0 Å². The topological polar surface area (TPSA) is 64.4 Å². The molecule has 1 amide bonds. The quantitative estimate of drug-likeness (QED) is 0.939. The smallest absolute Gasteiger partial charge is 0.251 e. The van der Waals surface area contributed by atoms with Crippen molar-refractivity contribution in [1.82, 2.24) is 10.5 Å². The number of aryl methyl sites for hydroxylation is 1. The molecule has 0 saturated carbocycles. The molecule has 1 heterocycles. The standard InChI is InChI=1S/C13H13BrN2O3/c1-8-5-10(16-19-8)7-15-13(17)9-3-4-12(18-2)11(14)6-9/h3-6H,7H2,1-2H3,(H,15,17). The van der Waals surface area contributed by atoms with E-state index in [4.69, 9.17) is 9.26 Å². The van der Waals surface area contributed by atoms with Crippen molar-refractivity contribution in [3.8, 4) is 5.75 Å². The zero-order chi connectivity index (χ0) is 13.8. The number of aromatic nitrogens is 1. The van der Waals surface area contributed by atoms with Crippen LogP contribution in [0.1, 0.15) is 21.8 Å². The Labute approximate surface area is 119 Å². The van der Waals surface area contributed by atoms with Gasteiger partial charge in [-0.1, -0.05) is 5.16 Å². The predicted octanol–water partition coefficient (Wildman–Crippen LogP) is 2.68. The fourth-order valence-electron chi connectivity index (χ4n) is 1.58. The summed E-state index contributed by atoms with van der Waals surface area (Å²) in [6, 6.07) is 6.93. The number of nitrogens with zero attached hydrogens (tertiary/aromatic N) is 1. The number of carbonyl (C=O) groups excluding carboxylic acids is 1. The van der Waals surface area contributed by atoms with Gasteiger partial charge in [0.1, 0.15) is 17.2 Å². The molecule has 1 aromatic carbocycles. The Morgan fingerprint density at radius 2 is 2.26 bits per heavy atom. The number of ether oxygens (including phenoxy) is 1. The first-order chi connectivity index (χ1) is 9.10. The summed E-state index contributed by atoms with van der Waals surface area (Å²) in [6.45, 7) is 2.14. The Balaban J connectivity index is 2.01. The van der Waals surface area contributed by atoms with Crippen molar-refractivity contribution in [2.45, 2.75) is 13.5 Å². The van der Waals surface area contributed by atoms with E-state index in [9.17, 15) is 4.79 Å². The van der Waals surface area contributed by atoms with E-state index in [2.05, 4.69) is 26.4 Å². The van der Waals surface area contributed by atoms with Crippen LogP contribution >= 0.6 is 15.9 Å². The van der Waals surface area contributed by atoms with Crippen molar-refractivity contribution in [1.29, 1.82) is 0 Å². The molecular formula is C13H13BrN2O3. The van der Waals surface area contributed by atoms with Crippen LogP contribution in [0.15, 0.2) is 33.3 Å². The third-order valence-corrected chi connectivity index (χ3v) is 3.14. The second kappa shape index (κ2) is 5.88. The highest BCUT2D eigenvalue weighted by Crippen LogP contribution is 2.25. The van der Waals surface area contributed by atoms with Gasteiger partial charge in [-0.25, -0.2) is 0 Å². The molecule has 6 heteroatoms. The van der Waals surface area contributed by atoms with Gasteiger partial charge in [0.05, 0.1) is 18.1 Å². The lowest BCUT2D eigenvalue weighted by Gasteiger charge is -2.06. The van der Waals surface area contributed by atoms with E-state index in [0.717, 1.165) is 10.2 Å². The van der Waals surface area contributed by atoms with Gasteiger partial charge >= 0.3 is 0 Å². The summed E-state index contributed by atoms with van der Waals surface area (Å²) >= 11 is 3.34. The molecule has 1 aromatic heterocycles. The summed E-state index contributed by atoms with van der Waals surface area (Å²) in [7, 11) is 1.58. The second-order valence-corrected chi connectivity index (χ2v) is 4.82. The van der Waals surface area contributed by atoms with Crippen LogP contribution in [0, 0.1) is 6.92 Å². The first kappa shape index (κ1) is 13.6. The van der Waals surface area contributed by atoms with Crippen molar-refractivity contribution >= 4 is 21.8 Å². The summed E-state index contributed by atoms with van der Waals surface area (Å²) in [5.41, 5.74) is 1.24. The Hall–Kier alpha value is -1.82. The monoisotopic (exact) mass is 324 g/mol. The number of hydrogen-bond donors (Lipinski definition) is 1. The summed E-state index contributed by atoms with van der Waals surface area (Å²) in [5, 5.41) is 6.58. The van der Waals surface area contributed by atoms with Crippen molar-refractivity contribution in [3.63, 3.8) is 0 Å². The van der Waals surface area contributed by atoms with Crippen LogP contribution in [-0.4, -0.2) is 18.2 Å². The molecule has 19 heavy (non-hydrogen) atoms. The maximum Gasteiger partial charge on any atom is 0.251 e. The molecule has 0 fully saturated rings. The average molecular weight is 325 g/mol. The molecular weight excluding hydrogens is 312 g/mol. The molecule has 0 aliphatic rings. The number of halogens is 1. The lowest BCUT2D eigenvalue weighted by atomic mass is 10.2. The minimum absolute atomic E-state index is 0.177. The number of methoxy groups -OCH3 is 1. The largest absolute Gasteiger partial charge is 0.496 e. The van der Waals surface area contributed by atoms with E-state index in [1.165, 1.54) is 0 Å². The molecule has 2 rings (SSSR count). The van der Waals surface area contributed by atoms with E-state index >= 15 is 0 Å². The van der Waals surface area contributed by atoms with Gasteiger partial charge in [0.2, 0.25) is 0 Å². The van der Waals surface area contributed by atoms with E-state index in [-0.39, 0.29) is 5.91 Å². The van der Waals surface area contributed by atoms with Crippen LogP contribution in [-0.2, 0) is 6.54 Å². The van der Waals surface area contributed by atoms with Gasteiger partial charge in [-0.15, -0.1) is 0 Å². The second-order valence-electron chi connectivity index (χ2n) is 3.96. The van der Waals surface area contributed by atoms with Gasteiger partial charge in [-0.2, -0.15) is 0 Å². The predicted molar refractivity (Wildman–Crippen MR) is 73.1 cm³/mol. The van der Waals surface area contributed by atoms with E-state index in [0.29, 0.717) is 23.6 Å². The van der Waals surface area contributed by atoms with Crippen LogP contribution in [0.4, 0.5) is 0 Å². The first-order valence-electron chi connectivity index (χ1n) is 5.64. The molecule has 100 valence electrons. The van der Waals surface area contributed by atoms with Crippen molar-refractivity contribution in [3.05, 3.63) is 45.8 Å². The Morgan fingerprint density at radius 3 is 2.84 bits per heavy atom. The summed E-state index contributed by atoms with van der Waals surface area (Å²) in [5.74, 6) is 1.23. The SMILES string of the molecule is COc1ccc(C(=O)NCc2cc(C)on2)cc1Br. The molecule has 0 unspecified atom stereocenters. The third kappa shape index (κ3) is 3.35. The number of rotatable bonds is 4. The normalized spacial score (nSPS) is 10.3. The van der Waals surface area contributed by atoms with Crippen LogP contribution in [0.25, 0.3) is 0 Å². The van der Waals surface area contributed by atoms with Gasteiger partial charge < -0.3 is 14.6 Å². The Bertz CT molecular complexity index is 595. The van der Waals surface area contributed by atoms with Gasteiger partial charge in [-0.05, 0) is 41.1 Å². The molecule has 5 nitrogen and oxygen atoms in total. The highest BCUT2D eigenvalue weighted by Gasteiger charge is 2.09. The van der Waals surface area contributed by atoms with E-state index in [1.54, 1.807) is 38.3 Å². The lowest BCUT2D eigenvalue weighted by Crippen LogP contribution is -2.22. The maximum atomic E-state index is 11.9. The van der Waals surface area contributed by atoms with Crippen LogP contribution in [0.3, 0.4) is 0 Å². The Kier molecular flexibility index (Phi) is 4.21. The highest BCUT2D eigenvalue weighted by atomic mass is 79.9. The average Bonchev–Trinajstić information content (AvgIpc) is 2.81. The molecule has 0 bridgehead atoms. The van der Waals surface area contributed by atoms with Crippen LogP contribution in [0.5, 0.6) is 5.75 Å². The van der Waals surface area contributed by atoms with Crippen molar-refractivity contribution < 1.29 is 14.1 Å². The Morgan fingerprint density at radius 1 is 1.47 bits per heavy atom. The molecule has 2 aromatic rings. The van der Waals surface area contributed by atoms with E-state index in [1.807, 2.05) is 0 Å². The minimum Gasteiger partial charge on any atom is -0.496 e. The fraction of sp³-hybridized carbons (Fsp3) is 0.231. The fourth-order valence-corrected chi connectivity index (χ4v) is 2.12. The first-order valence-corrected chi connectivity index (χ1v) is 6.43. The van der Waals surface area contributed by atoms with Gasteiger partial charge in [0.15, 0.2) is 0 Å². The third-order valence-electron chi connectivity index (χ3n) is 2.52. The summed E-state index contributed by atoms with van der Waals surface area (Å²) in [6.07, 6.45) is 0. The van der Waals surface area contributed by atoms with Crippen LogP contribution < -0.4 is 10.1 Å². The van der Waals surface area contributed by atoms with Gasteiger partial charge in [0, 0.05) is 11.6 Å². The molecule has 0 aliphatic heterocycles. The minimum atomic E-state index is -0.177. The number of benzene rings is 1. The van der Waals surface area contributed by atoms with Crippen molar-refractivity contribution in [2.75, 3.05) is 7.11 Å². The zero-order valence-corrected chi connectivity index (χ0v) is 12.2. The molecule has 0 radical (unpaired) electrons. The molecule has 0 saturated heterocycles. The number of amides is 1. The summed E-state index contributed by atoms with van der Waals surface area (Å²) in [4.78, 5) is 11.9. The van der Waals surface area contributed by atoms with Gasteiger partial charge in [0.25, 0.3) is 5.91 Å². The molecule has 0 spiro atoms. The van der Waals surface area contributed by atoms with E-state index < -0.39 is 0 Å². The molecule has 1 N–H and O–H groups in total. The van der Waals surface area contributed by atoms with Crippen LogP contribution in [0.2, 0.25) is 0 Å². The number of hydrogen-bond acceptors (Lipinski definition) is 4. The molecule has 0 aliphatic carbocycles. The summed E-state index contributed by atoms with van der Waals surface area (Å²) < 4.78 is 10.8. The highest BCUT2D eigenvalue weighted by molar-refractivity contribution is 9.10. The molecule has 0 atom stereocenters. The van der Waals surface area contributed by atoms with Gasteiger partial charge in [-0.3, -0.25) is 4.79 Å². The zero-order valence-electron chi connectivity index (χ0n) is 10.6.